The van der Waals surface area contributed by atoms with Gasteiger partial charge in [-0.05, 0) is 32.1 Å². The zero-order valence-electron chi connectivity index (χ0n) is 10.0. The van der Waals surface area contributed by atoms with Gasteiger partial charge in [0.15, 0.2) is 5.82 Å². The van der Waals surface area contributed by atoms with Crippen molar-refractivity contribution >= 4 is 0 Å². The van der Waals surface area contributed by atoms with Crippen LogP contribution in [-0.2, 0) is 5.41 Å². The molecule has 3 nitrogen and oxygen atoms in total. The molecule has 84 valence electrons. The summed E-state index contributed by atoms with van der Waals surface area (Å²) in [5.74, 6) is 2.73. The number of hydrogen-bond acceptors (Lipinski definition) is 2. The van der Waals surface area contributed by atoms with E-state index in [1.807, 2.05) is 6.92 Å². The maximum Gasteiger partial charge on any atom is 0.156 e. The first kappa shape index (κ1) is 10.7. The monoisotopic (exact) mass is 207 g/mol. The molecule has 1 aliphatic rings. The minimum Gasteiger partial charge on any atom is -0.263 e. The molecule has 0 radical (unpaired) electrons. The molecule has 2 rings (SSSR count). The first-order valence-electron chi connectivity index (χ1n) is 6.02. The van der Waals surface area contributed by atoms with Gasteiger partial charge in [-0.25, -0.2) is 4.98 Å². The standard InChI is InChI=1S/C12H21N3/c1-9(2)8-12(6-4-5-7-12)11-13-10(3)14-15-11/h9H,4-8H2,1-3H3,(H,13,14,15). The number of aromatic amines is 1. The molecular weight excluding hydrogens is 186 g/mol. The van der Waals surface area contributed by atoms with Crippen molar-refractivity contribution < 1.29 is 0 Å². The van der Waals surface area contributed by atoms with Crippen LogP contribution in [0.2, 0.25) is 0 Å². The molecule has 0 spiro atoms. The van der Waals surface area contributed by atoms with E-state index in [0.29, 0.717) is 0 Å². The molecule has 0 atom stereocenters. The van der Waals surface area contributed by atoms with Crippen LogP contribution in [-0.4, -0.2) is 15.2 Å². The van der Waals surface area contributed by atoms with E-state index in [2.05, 4.69) is 29.0 Å². The Hall–Kier alpha value is -0.860. The van der Waals surface area contributed by atoms with Gasteiger partial charge in [0, 0.05) is 5.41 Å². The van der Waals surface area contributed by atoms with Crippen molar-refractivity contribution in [3.63, 3.8) is 0 Å². The van der Waals surface area contributed by atoms with Crippen LogP contribution in [0, 0.1) is 12.8 Å². The second-order valence-corrected chi connectivity index (χ2v) is 5.33. The Morgan fingerprint density at radius 1 is 1.33 bits per heavy atom. The summed E-state index contributed by atoms with van der Waals surface area (Å²) in [6.45, 7) is 6.56. The Balaban J connectivity index is 2.26. The first-order valence-corrected chi connectivity index (χ1v) is 6.02. The SMILES string of the molecule is Cc1nc(C2(CC(C)C)CCCC2)n[nH]1. The molecule has 15 heavy (non-hydrogen) atoms. The quantitative estimate of drug-likeness (QED) is 0.828. The average Bonchev–Trinajstić information content (AvgIpc) is 2.73. The number of nitrogens with zero attached hydrogens (tertiary/aromatic N) is 2. The maximum absolute atomic E-state index is 4.55. The lowest BCUT2D eigenvalue weighted by Crippen LogP contribution is -2.26. The smallest absolute Gasteiger partial charge is 0.156 e. The maximum atomic E-state index is 4.55. The van der Waals surface area contributed by atoms with Crippen molar-refractivity contribution in [3.8, 4) is 0 Å². The predicted octanol–water partition coefficient (Wildman–Crippen LogP) is 2.97. The van der Waals surface area contributed by atoms with Gasteiger partial charge in [0.1, 0.15) is 5.82 Å². The lowest BCUT2D eigenvalue weighted by Gasteiger charge is -2.27. The normalized spacial score (nSPS) is 20.0. The van der Waals surface area contributed by atoms with Crippen molar-refractivity contribution in [1.29, 1.82) is 0 Å². The second-order valence-electron chi connectivity index (χ2n) is 5.33. The molecule has 3 heteroatoms. The van der Waals surface area contributed by atoms with Crippen molar-refractivity contribution in [2.75, 3.05) is 0 Å². The number of rotatable bonds is 3. The summed E-state index contributed by atoms with van der Waals surface area (Å²) >= 11 is 0. The van der Waals surface area contributed by atoms with Gasteiger partial charge in [-0.3, -0.25) is 5.10 Å². The zero-order chi connectivity index (χ0) is 10.9. The Morgan fingerprint density at radius 3 is 2.47 bits per heavy atom. The number of hydrogen-bond donors (Lipinski definition) is 1. The molecule has 0 aliphatic heterocycles. The highest BCUT2D eigenvalue weighted by Crippen LogP contribution is 2.43. The highest BCUT2D eigenvalue weighted by molar-refractivity contribution is 5.10. The van der Waals surface area contributed by atoms with Crippen molar-refractivity contribution in [2.24, 2.45) is 5.92 Å². The van der Waals surface area contributed by atoms with Crippen LogP contribution in [0.3, 0.4) is 0 Å². The van der Waals surface area contributed by atoms with Gasteiger partial charge in [-0.2, -0.15) is 5.10 Å². The molecule has 0 aromatic carbocycles. The minimum absolute atomic E-state index is 0.277. The minimum atomic E-state index is 0.277. The van der Waals surface area contributed by atoms with Crippen LogP contribution < -0.4 is 0 Å². The number of aromatic nitrogens is 3. The molecule has 1 N–H and O–H groups in total. The molecule has 0 saturated heterocycles. The van der Waals surface area contributed by atoms with Crippen LogP contribution in [0.5, 0.6) is 0 Å². The van der Waals surface area contributed by atoms with Gasteiger partial charge in [0.25, 0.3) is 0 Å². The fraction of sp³-hybridized carbons (Fsp3) is 0.833. The summed E-state index contributed by atoms with van der Waals surface area (Å²) in [6.07, 6.45) is 6.43. The third-order valence-electron chi connectivity index (χ3n) is 3.43. The van der Waals surface area contributed by atoms with E-state index >= 15 is 0 Å². The zero-order valence-corrected chi connectivity index (χ0v) is 10.0. The third-order valence-corrected chi connectivity index (χ3v) is 3.43. The van der Waals surface area contributed by atoms with E-state index in [0.717, 1.165) is 17.6 Å². The molecule has 0 unspecified atom stereocenters. The predicted molar refractivity (Wildman–Crippen MR) is 60.7 cm³/mol. The Morgan fingerprint density at radius 2 is 2.00 bits per heavy atom. The molecule has 1 aromatic rings. The number of nitrogens with one attached hydrogen (secondary N) is 1. The molecule has 1 fully saturated rings. The van der Waals surface area contributed by atoms with E-state index in [1.54, 1.807) is 0 Å². The Bertz CT molecular complexity index is 321. The van der Waals surface area contributed by atoms with Gasteiger partial charge in [0.05, 0.1) is 0 Å². The van der Waals surface area contributed by atoms with Crippen LogP contribution in [0.25, 0.3) is 0 Å². The summed E-state index contributed by atoms with van der Waals surface area (Å²) in [4.78, 5) is 4.55. The van der Waals surface area contributed by atoms with E-state index < -0.39 is 0 Å². The van der Waals surface area contributed by atoms with E-state index in [1.165, 1.54) is 32.1 Å². The molecule has 1 aliphatic carbocycles. The molecule has 0 bridgehead atoms. The van der Waals surface area contributed by atoms with Crippen molar-refractivity contribution in [3.05, 3.63) is 11.6 Å². The third kappa shape index (κ3) is 2.06. The topological polar surface area (TPSA) is 41.6 Å². The van der Waals surface area contributed by atoms with Crippen molar-refractivity contribution in [1.82, 2.24) is 15.2 Å². The van der Waals surface area contributed by atoms with E-state index in [9.17, 15) is 0 Å². The van der Waals surface area contributed by atoms with Gasteiger partial charge in [-0.15, -0.1) is 0 Å². The fourth-order valence-electron chi connectivity index (χ4n) is 2.93. The largest absolute Gasteiger partial charge is 0.263 e. The highest BCUT2D eigenvalue weighted by Gasteiger charge is 2.39. The van der Waals surface area contributed by atoms with Crippen LogP contribution >= 0.6 is 0 Å². The van der Waals surface area contributed by atoms with Gasteiger partial charge in [0.2, 0.25) is 0 Å². The lowest BCUT2D eigenvalue weighted by atomic mass is 9.78. The molecule has 0 amide bonds. The number of aryl methyl sites for hydroxylation is 1. The Kier molecular flexibility index (Phi) is 2.81. The number of H-pyrrole nitrogens is 1. The van der Waals surface area contributed by atoms with Crippen molar-refractivity contribution in [2.45, 2.75) is 58.3 Å². The van der Waals surface area contributed by atoms with Crippen LogP contribution in [0.4, 0.5) is 0 Å². The van der Waals surface area contributed by atoms with E-state index in [-0.39, 0.29) is 5.41 Å². The van der Waals surface area contributed by atoms with Gasteiger partial charge >= 0.3 is 0 Å². The summed E-state index contributed by atoms with van der Waals surface area (Å²) in [7, 11) is 0. The van der Waals surface area contributed by atoms with Crippen LogP contribution in [0.1, 0.15) is 57.6 Å². The fourth-order valence-corrected chi connectivity index (χ4v) is 2.93. The van der Waals surface area contributed by atoms with Crippen LogP contribution in [0.15, 0.2) is 0 Å². The average molecular weight is 207 g/mol. The molecular formula is C12H21N3. The second kappa shape index (κ2) is 3.95. The summed E-state index contributed by atoms with van der Waals surface area (Å²) in [5, 5.41) is 7.37. The molecule has 1 heterocycles. The lowest BCUT2D eigenvalue weighted by molar-refractivity contribution is 0.329. The summed E-state index contributed by atoms with van der Waals surface area (Å²) in [6, 6.07) is 0. The summed E-state index contributed by atoms with van der Waals surface area (Å²) in [5.41, 5.74) is 0.277. The van der Waals surface area contributed by atoms with E-state index in [4.69, 9.17) is 0 Å². The first-order chi connectivity index (χ1) is 7.12. The van der Waals surface area contributed by atoms with Gasteiger partial charge in [-0.1, -0.05) is 26.7 Å². The Labute approximate surface area is 91.7 Å². The molecule has 1 saturated carbocycles. The van der Waals surface area contributed by atoms with Gasteiger partial charge < -0.3 is 0 Å². The summed E-state index contributed by atoms with van der Waals surface area (Å²) < 4.78 is 0. The molecule has 1 aromatic heterocycles. The highest BCUT2D eigenvalue weighted by atomic mass is 15.2.